The van der Waals surface area contributed by atoms with Crippen LogP contribution in [0.2, 0.25) is 0 Å². The normalized spacial score (nSPS) is 20.3. The number of aromatic nitrogens is 1. The zero-order chi connectivity index (χ0) is 29.0. The summed E-state index contributed by atoms with van der Waals surface area (Å²) >= 11 is 1.53. The number of hydrogen-bond acceptors (Lipinski definition) is 7. The highest BCUT2D eigenvalue weighted by Gasteiger charge is 2.39. The first-order valence-corrected chi connectivity index (χ1v) is 12.2. The second-order valence-corrected chi connectivity index (χ2v) is 9.72. The highest BCUT2D eigenvalue weighted by Crippen LogP contribution is 2.33. The number of fused-ring (bicyclic) bond motifs is 4. The fraction of sp³-hybridized carbons (Fsp3) is 0.375. The highest BCUT2D eigenvalue weighted by atomic mass is 32.1. The van der Waals surface area contributed by atoms with E-state index in [1.807, 2.05) is 6.07 Å². The molecule has 2 bridgehead atoms. The van der Waals surface area contributed by atoms with Crippen LogP contribution in [0.4, 0.5) is 31.5 Å². The number of carbonyl (C=O) groups is 2. The Morgan fingerprint density at radius 3 is 1.90 bits per heavy atom. The Hall–Kier alpha value is -3.59. The minimum atomic E-state index is -5.08. The molecule has 3 aliphatic heterocycles. The second-order valence-electron chi connectivity index (χ2n) is 8.66. The zero-order valence-electron chi connectivity index (χ0n) is 20.0. The number of nitrogens with zero attached hydrogens (tertiary/aromatic N) is 2. The van der Waals surface area contributed by atoms with Gasteiger partial charge in [0.2, 0.25) is 0 Å². The van der Waals surface area contributed by atoms with Crippen LogP contribution < -0.4 is 10.5 Å². The van der Waals surface area contributed by atoms with Crippen molar-refractivity contribution in [3.63, 3.8) is 0 Å². The van der Waals surface area contributed by atoms with Gasteiger partial charge in [-0.1, -0.05) is 29.5 Å². The van der Waals surface area contributed by atoms with Crippen LogP contribution in [-0.2, 0) is 9.59 Å². The smallest absolute Gasteiger partial charge is 0.489 e. The standard InChI is InChI=1S/C20H21N3OS.2C2HF3O2/c21-20-22-17-6-3-15(11-19(17)25-20)13-1-4-16(5-2-13)24-18-12-23-9-7-14(18)8-10-23;2*3-2(4,5)1(6)7/h1-6,11,14,18H,7-10,12H2,(H2,21,22);2*(H,6,7). The summed E-state index contributed by atoms with van der Waals surface area (Å²) in [7, 11) is 0. The van der Waals surface area contributed by atoms with Gasteiger partial charge in [-0.25, -0.2) is 14.6 Å². The monoisotopic (exact) mass is 579 g/mol. The van der Waals surface area contributed by atoms with Gasteiger partial charge in [0.05, 0.1) is 10.2 Å². The van der Waals surface area contributed by atoms with Gasteiger partial charge in [0.25, 0.3) is 0 Å². The summed E-state index contributed by atoms with van der Waals surface area (Å²) in [6.45, 7) is 3.57. The zero-order valence-corrected chi connectivity index (χ0v) is 20.8. The maximum absolute atomic E-state index is 10.6. The molecule has 0 radical (unpaired) electrons. The molecule has 1 atom stereocenters. The number of anilines is 1. The Balaban J connectivity index is 0.000000251. The van der Waals surface area contributed by atoms with E-state index in [1.54, 1.807) is 0 Å². The Bertz CT molecular complexity index is 1260. The molecular weight excluding hydrogens is 556 g/mol. The van der Waals surface area contributed by atoms with Crippen LogP contribution in [0, 0.1) is 5.92 Å². The predicted octanol–water partition coefficient (Wildman–Crippen LogP) is 5.29. The third kappa shape index (κ3) is 8.45. The number of benzene rings is 2. The molecule has 3 fully saturated rings. The van der Waals surface area contributed by atoms with Crippen LogP contribution in [0.25, 0.3) is 21.3 Å². The molecule has 3 aromatic rings. The van der Waals surface area contributed by atoms with E-state index in [2.05, 4.69) is 46.3 Å². The summed E-state index contributed by atoms with van der Waals surface area (Å²) in [6, 6.07) is 14.8. The summed E-state index contributed by atoms with van der Waals surface area (Å²) in [5.41, 5.74) is 9.14. The van der Waals surface area contributed by atoms with Gasteiger partial charge in [-0.15, -0.1) is 0 Å². The lowest BCUT2D eigenvalue weighted by Crippen LogP contribution is -2.52. The SMILES string of the molecule is Nc1nc2ccc(-c3ccc(OC4CN5CCC4CC5)cc3)cc2s1.O=C(O)C(F)(F)F.O=C(O)C(F)(F)F. The van der Waals surface area contributed by atoms with Gasteiger partial charge in [-0.05, 0) is 67.2 Å². The van der Waals surface area contributed by atoms with E-state index in [1.165, 1.54) is 48.4 Å². The van der Waals surface area contributed by atoms with E-state index in [-0.39, 0.29) is 0 Å². The van der Waals surface area contributed by atoms with Crippen LogP contribution >= 0.6 is 11.3 Å². The molecule has 0 aliphatic carbocycles. The molecule has 39 heavy (non-hydrogen) atoms. The number of thiazole rings is 1. The number of aliphatic carboxylic acids is 2. The highest BCUT2D eigenvalue weighted by molar-refractivity contribution is 7.22. The van der Waals surface area contributed by atoms with Gasteiger partial charge in [0, 0.05) is 6.54 Å². The molecule has 0 saturated carbocycles. The van der Waals surface area contributed by atoms with Crippen molar-refractivity contribution in [1.82, 2.24) is 9.88 Å². The number of rotatable bonds is 3. The topological polar surface area (TPSA) is 126 Å². The number of hydrogen-bond donors (Lipinski definition) is 3. The molecule has 1 aromatic heterocycles. The summed E-state index contributed by atoms with van der Waals surface area (Å²) in [6.07, 6.45) is -7.26. The minimum absolute atomic E-state index is 0.352. The summed E-state index contributed by atoms with van der Waals surface area (Å²) in [5, 5.41) is 14.9. The van der Waals surface area contributed by atoms with Crippen molar-refractivity contribution in [3.05, 3.63) is 42.5 Å². The summed E-state index contributed by atoms with van der Waals surface area (Å²) in [4.78, 5) is 24.6. The van der Waals surface area contributed by atoms with Crippen LogP contribution in [0.5, 0.6) is 5.75 Å². The van der Waals surface area contributed by atoms with Gasteiger partial charge in [0.15, 0.2) is 5.13 Å². The molecule has 6 rings (SSSR count). The molecule has 212 valence electrons. The quantitative estimate of drug-likeness (QED) is 0.358. The molecule has 8 nitrogen and oxygen atoms in total. The van der Waals surface area contributed by atoms with Crippen LogP contribution in [-0.4, -0.2) is 70.1 Å². The number of carboxylic acid groups (broad SMARTS) is 2. The molecular formula is C24H23F6N3O5S. The molecule has 15 heteroatoms. The van der Waals surface area contributed by atoms with Crippen LogP contribution in [0.15, 0.2) is 42.5 Å². The number of alkyl halides is 6. The Morgan fingerprint density at radius 1 is 0.923 bits per heavy atom. The number of ether oxygens (including phenoxy) is 1. The van der Waals surface area contributed by atoms with Gasteiger partial charge < -0.3 is 20.7 Å². The first-order chi connectivity index (χ1) is 18.1. The lowest BCUT2D eigenvalue weighted by atomic mass is 9.86. The maximum atomic E-state index is 10.6. The summed E-state index contributed by atoms with van der Waals surface area (Å²) < 4.78 is 70.9. The second kappa shape index (κ2) is 12.1. The minimum Gasteiger partial charge on any atom is -0.489 e. The molecule has 2 aromatic carbocycles. The van der Waals surface area contributed by atoms with E-state index in [0.29, 0.717) is 11.2 Å². The Labute approximate surface area is 221 Å². The van der Waals surface area contributed by atoms with E-state index in [9.17, 15) is 26.3 Å². The largest absolute Gasteiger partial charge is 0.490 e. The first-order valence-electron chi connectivity index (χ1n) is 11.4. The lowest BCUT2D eigenvalue weighted by molar-refractivity contribution is -0.193. The molecule has 3 saturated heterocycles. The average Bonchev–Trinajstić information content (AvgIpc) is 3.24. The van der Waals surface area contributed by atoms with Crippen LogP contribution in [0.3, 0.4) is 0 Å². The predicted molar refractivity (Wildman–Crippen MR) is 130 cm³/mol. The third-order valence-corrected chi connectivity index (χ3v) is 6.81. The van der Waals surface area contributed by atoms with Crippen molar-refractivity contribution in [3.8, 4) is 16.9 Å². The maximum Gasteiger partial charge on any atom is 0.490 e. The number of nitrogens with two attached hydrogens (primary N) is 1. The average molecular weight is 580 g/mol. The van der Waals surface area contributed by atoms with Crippen molar-refractivity contribution in [2.75, 3.05) is 25.4 Å². The van der Waals surface area contributed by atoms with Gasteiger partial charge in [0.1, 0.15) is 11.9 Å². The van der Waals surface area contributed by atoms with Gasteiger partial charge in [-0.2, -0.15) is 26.3 Å². The van der Waals surface area contributed by atoms with Crippen molar-refractivity contribution in [2.45, 2.75) is 31.3 Å². The van der Waals surface area contributed by atoms with Crippen molar-refractivity contribution in [2.24, 2.45) is 5.92 Å². The lowest BCUT2D eigenvalue weighted by Gasteiger charge is -2.44. The van der Waals surface area contributed by atoms with Crippen molar-refractivity contribution in [1.29, 1.82) is 0 Å². The van der Waals surface area contributed by atoms with Crippen molar-refractivity contribution >= 4 is 38.6 Å². The van der Waals surface area contributed by atoms with Gasteiger partial charge >= 0.3 is 24.3 Å². The van der Waals surface area contributed by atoms with E-state index >= 15 is 0 Å². The van der Waals surface area contributed by atoms with E-state index in [4.69, 9.17) is 30.3 Å². The number of halogens is 6. The Kier molecular flexibility index (Phi) is 9.27. The number of piperidine rings is 3. The fourth-order valence-electron chi connectivity index (χ4n) is 4.07. The van der Waals surface area contributed by atoms with Gasteiger partial charge in [-0.3, -0.25) is 4.90 Å². The summed E-state index contributed by atoms with van der Waals surface area (Å²) in [5.74, 6) is -3.81. The fourth-order valence-corrected chi connectivity index (χ4v) is 4.84. The van der Waals surface area contributed by atoms with Crippen molar-refractivity contribution < 1.29 is 50.9 Å². The molecule has 1 unspecified atom stereocenters. The molecule has 3 aliphatic rings. The first kappa shape index (κ1) is 30.0. The number of nitrogen functional groups attached to an aromatic ring is 1. The number of carboxylic acids is 2. The third-order valence-electron chi connectivity index (χ3n) is 5.96. The van der Waals surface area contributed by atoms with E-state index in [0.717, 1.165) is 28.4 Å². The van der Waals surface area contributed by atoms with E-state index < -0.39 is 24.3 Å². The van der Waals surface area contributed by atoms with Crippen LogP contribution in [0.1, 0.15) is 12.8 Å². The Morgan fingerprint density at radius 2 is 1.44 bits per heavy atom. The molecule has 4 heterocycles. The molecule has 4 N–H and O–H groups in total. The molecule has 0 amide bonds. The molecule has 0 spiro atoms.